The number of carbonyl (C=O) groups is 1. The predicted octanol–water partition coefficient (Wildman–Crippen LogP) is 1.13. The number of rotatable bonds is 23. The highest BCUT2D eigenvalue weighted by atomic mass is 16.6. The number of amides is 1. The maximum Gasteiger partial charge on any atom is 0.292 e. The van der Waals surface area contributed by atoms with Crippen molar-refractivity contribution in [3.63, 3.8) is 0 Å². The van der Waals surface area contributed by atoms with Gasteiger partial charge in [-0.15, -0.1) is 0 Å². The Hall–Kier alpha value is -3.93. The Bertz CT molecular complexity index is 1460. The second-order valence-electron chi connectivity index (χ2n) is 9.92. The number of hydrogen-bond acceptors (Lipinski definition) is 14. The molecule has 0 unspecified atom stereocenters. The first-order valence-electron chi connectivity index (χ1n) is 15.1. The van der Waals surface area contributed by atoms with Gasteiger partial charge in [0.1, 0.15) is 23.4 Å². The fourth-order valence-electron chi connectivity index (χ4n) is 4.41. The van der Waals surface area contributed by atoms with Crippen LogP contribution in [0.15, 0.2) is 28.9 Å². The van der Waals surface area contributed by atoms with Crippen molar-refractivity contribution in [3.05, 3.63) is 24.5 Å². The Kier molecular flexibility index (Phi) is 14.2. The van der Waals surface area contributed by atoms with E-state index >= 15 is 0 Å². The van der Waals surface area contributed by atoms with Crippen LogP contribution in [0.1, 0.15) is 19.3 Å². The molecule has 16 heteroatoms. The number of hydrogen-bond donors (Lipinski definition) is 4. The highest BCUT2D eigenvalue weighted by Crippen LogP contribution is 2.32. The van der Waals surface area contributed by atoms with Crippen LogP contribution in [0.4, 0.5) is 11.8 Å². The number of nitrogens with two attached hydrogens (primary N) is 3. The molecule has 0 aliphatic carbocycles. The van der Waals surface area contributed by atoms with Crippen LogP contribution in [0.2, 0.25) is 0 Å². The lowest BCUT2D eigenvalue weighted by Gasteiger charge is -2.08. The third kappa shape index (κ3) is 10.9. The van der Waals surface area contributed by atoms with Gasteiger partial charge in [0.2, 0.25) is 5.91 Å². The summed E-state index contributed by atoms with van der Waals surface area (Å²) in [7, 11) is 0. The Labute approximate surface area is 260 Å². The SMILES string of the molecule is NCCOCCOCCOCCOCCOCCC(=O)NCCCCn1nc(-c2ccc3oc(N)nc3c2)c2c(N)ncnc21. The minimum absolute atomic E-state index is 0.0614. The number of carbonyl (C=O) groups excluding carboxylic acids is 1. The van der Waals surface area contributed by atoms with Crippen LogP contribution in [0.5, 0.6) is 0 Å². The first-order valence-corrected chi connectivity index (χ1v) is 15.1. The number of benzene rings is 1. The molecule has 0 bridgehead atoms. The van der Waals surface area contributed by atoms with Gasteiger partial charge in [-0.1, -0.05) is 0 Å². The van der Waals surface area contributed by atoms with E-state index in [0.717, 1.165) is 18.4 Å². The average molecular weight is 630 g/mol. The van der Waals surface area contributed by atoms with Crippen molar-refractivity contribution in [2.24, 2.45) is 5.73 Å². The first-order chi connectivity index (χ1) is 22.1. The number of aromatic nitrogens is 5. The minimum Gasteiger partial charge on any atom is -0.424 e. The van der Waals surface area contributed by atoms with Crippen molar-refractivity contribution in [2.75, 3.05) is 90.6 Å². The van der Waals surface area contributed by atoms with Crippen LogP contribution in [-0.2, 0) is 35.0 Å². The molecular formula is C29H43N9O7. The van der Waals surface area contributed by atoms with E-state index in [2.05, 4.69) is 20.3 Å². The van der Waals surface area contributed by atoms with E-state index in [9.17, 15) is 4.79 Å². The summed E-state index contributed by atoms with van der Waals surface area (Å²) < 4.78 is 34.1. The van der Waals surface area contributed by atoms with Crippen molar-refractivity contribution in [2.45, 2.75) is 25.8 Å². The Morgan fingerprint density at radius 1 is 0.867 bits per heavy atom. The van der Waals surface area contributed by atoms with Crippen molar-refractivity contribution in [3.8, 4) is 11.3 Å². The lowest BCUT2D eigenvalue weighted by atomic mass is 10.1. The van der Waals surface area contributed by atoms with Crippen LogP contribution >= 0.6 is 0 Å². The lowest BCUT2D eigenvalue weighted by Crippen LogP contribution is -2.26. The molecule has 4 aromatic rings. The zero-order valence-corrected chi connectivity index (χ0v) is 25.4. The maximum atomic E-state index is 12.2. The van der Waals surface area contributed by atoms with E-state index < -0.39 is 0 Å². The predicted molar refractivity (Wildman–Crippen MR) is 167 cm³/mol. The topological polar surface area (TPSA) is 223 Å². The number of oxazole rings is 1. The molecule has 0 aliphatic rings. The average Bonchev–Trinajstić information content (AvgIpc) is 3.60. The molecule has 246 valence electrons. The smallest absolute Gasteiger partial charge is 0.292 e. The molecule has 1 aromatic carbocycles. The summed E-state index contributed by atoms with van der Waals surface area (Å²) in [6, 6.07) is 5.61. The Morgan fingerprint density at radius 2 is 1.53 bits per heavy atom. The van der Waals surface area contributed by atoms with E-state index in [-0.39, 0.29) is 18.3 Å². The summed E-state index contributed by atoms with van der Waals surface area (Å²) in [6.07, 6.45) is 3.24. The van der Waals surface area contributed by atoms with Crippen LogP contribution in [0.3, 0.4) is 0 Å². The van der Waals surface area contributed by atoms with Crippen LogP contribution < -0.4 is 22.5 Å². The zero-order chi connectivity index (χ0) is 31.7. The number of aryl methyl sites for hydroxylation is 1. The zero-order valence-electron chi connectivity index (χ0n) is 25.4. The van der Waals surface area contributed by atoms with E-state index in [0.29, 0.717) is 119 Å². The van der Waals surface area contributed by atoms with Gasteiger partial charge in [-0.3, -0.25) is 4.79 Å². The second-order valence-corrected chi connectivity index (χ2v) is 9.92. The summed E-state index contributed by atoms with van der Waals surface area (Å²) in [5, 5.41) is 8.38. The van der Waals surface area contributed by atoms with Gasteiger partial charge in [-0.05, 0) is 31.0 Å². The summed E-state index contributed by atoms with van der Waals surface area (Å²) in [5.41, 5.74) is 20.5. The maximum absolute atomic E-state index is 12.2. The fourth-order valence-corrected chi connectivity index (χ4v) is 4.41. The van der Waals surface area contributed by atoms with E-state index in [4.69, 9.17) is 50.4 Å². The molecule has 0 atom stereocenters. The van der Waals surface area contributed by atoms with Gasteiger partial charge < -0.3 is 50.6 Å². The largest absolute Gasteiger partial charge is 0.424 e. The summed E-state index contributed by atoms with van der Waals surface area (Å²) in [5.74, 6) is 0.281. The summed E-state index contributed by atoms with van der Waals surface area (Å²) in [6.45, 7) is 6.36. The Morgan fingerprint density at radius 3 is 2.22 bits per heavy atom. The number of nitrogens with zero attached hydrogens (tertiary/aromatic N) is 5. The van der Waals surface area contributed by atoms with Gasteiger partial charge in [-0.2, -0.15) is 10.1 Å². The van der Waals surface area contributed by atoms with Gasteiger partial charge in [0.25, 0.3) is 6.01 Å². The third-order valence-corrected chi connectivity index (χ3v) is 6.58. The molecule has 0 saturated heterocycles. The molecule has 0 saturated carbocycles. The highest BCUT2D eigenvalue weighted by molar-refractivity contribution is 5.99. The molecule has 45 heavy (non-hydrogen) atoms. The number of fused-ring (bicyclic) bond motifs is 2. The molecule has 0 fully saturated rings. The number of unbranched alkanes of at least 4 members (excludes halogenated alkanes) is 1. The van der Waals surface area contributed by atoms with Crippen LogP contribution in [-0.4, -0.2) is 110 Å². The molecule has 0 aliphatic heterocycles. The summed E-state index contributed by atoms with van der Waals surface area (Å²) >= 11 is 0. The van der Waals surface area contributed by atoms with E-state index in [1.807, 2.05) is 16.8 Å². The molecule has 0 radical (unpaired) electrons. The van der Waals surface area contributed by atoms with Crippen molar-refractivity contribution < 1.29 is 32.9 Å². The van der Waals surface area contributed by atoms with Crippen molar-refractivity contribution in [1.82, 2.24) is 30.0 Å². The van der Waals surface area contributed by atoms with Gasteiger partial charge >= 0.3 is 0 Å². The molecular weight excluding hydrogens is 586 g/mol. The molecule has 7 N–H and O–H groups in total. The quantitative estimate of drug-likeness (QED) is 0.0845. The number of nitrogen functional groups attached to an aromatic ring is 2. The van der Waals surface area contributed by atoms with E-state index in [1.165, 1.54) is 6.33 Å². The molecule has 1 amide bonds. The molecule has 16 nitrogen and oxygen atoms in total. The van der Waals surface area contributed by atoms with Crippen LogP contribution in [0.25, 0.3) is 33.4 Å². The van der Waals surface area contributed by atoms with Gasteiger partial charge in [0.15, 0.2) is 11.2 Å². The van der Waals surface area contributed by atoms with E-state index in [1.54, 1.807) is 6.07 Å². The van der Waals surface area contributed by atoms with Crippen LogP contribution in [0, 0.1) is 0 Å². The van der Waals surface area contributed by atoms with Gasteiger partial charge in [0, 0.05) is 31.6 Å². The highest BCUT2D eigenvalue weighted by Gasteiger charge is 2.18. The number of ether oxygens (including phenoxy) is 5. The molecule has 3 aromatic heterocycles. The molecule has 0 spiro atoms. The van der Waals surface area contributed by atoms with Crippen molar-refractivity contribution in [1.29, 1.82) is 0 Å². The monoisotopic (exact) mass is 629 g/mol. The second kappa shape index (κ2) is 18.8. The normalized spacial score (nSPS) is 11.6. The fraction of sp³-hybridized carbons (Fsp3) is 0.552. The molecule has 3 heterocycles. The van der Waals surface area contributed by atoms with Crippen molar-refractivity contribution >= 4 is 39.9 Å². The third-order valence-electron chi connectivity index (χ3n) is 6.58. The standard InChI is InChI=1S/C29H43N9O7/c30-6-10-41-12-14-43-16-18-44-17-15-42-13-11-40-9-5-24(39)33-7-1-2-8-38-28-25(27(31)34-20-35-28)26(37-38)21-3-4-23-22(19-21)36-29(32)45-23/h3-4,19-20H,1-2,5-18,30H2,(H2,32,36)(H,33,39)(H2,31,34,35). The molecule has 4 rings (SSSR count). The minimum atomic E-state index is -0.0614. The Balaban J connectivity index is 1.05. The first kappa shape index (κ1) is 34.0. The van der Waals surface area contributed by atoms with Gasteiger partial charge in [-0.25, -0.2) is 14.6 Å². The van der Waals surface area contributed by atoms with Gasteiger partial charge in [0.05, 0.1) is 71.5 Å². The number of anilines is 2. The number of nitrogens with one attached hydrogen (secondary N) is 1. The summed E-state index contributed by atoms with van der Waals surface area (Å²) in [4.78, 5) is 24.9. The lowest BCUT2D eigenvalue weighted by molar-refractivity contribution is -0.122.